The first-order valence-electron chi connectivity index (χ1n) is 8.87. The van der Waals surface area contributed by atoms with Crippen LogP contribution in [0.25, 0.3) is 0 Å². The lowest BCUT2D eigenvalue weighted by atomic mass is 10.2. The molecule has 3 rings (SSSR count). The van der Waals surface area contributed by atoms with Gasteiger partial charge < -0.3 is 16.0 Å². The van der Waals surface area contributed by atoms with Crippen molar-refractivity contribution in [2.75, 3.05) is 16.0 Å². The van der Waals surface area contributed by atoms with Crippen molar-refractivity contribution in [2.45, 2.75) is 6.92 Å². The van der Waals surface area contributed by atoms with Crippen LogP contribution in [-0.4, -0.2) is 21.8 Å². The number of benzene rings is 2. The van der Waals surface area contributed by atoms with Crippen molar-refractivity contribution in [3.63, 3.8) is 0 Å². The number of aryl methyl sites for hydroxylation is 1. The highest BCUT2D eigenvalue weighted by Gasteiger charge is 2.18. The number of aromatic nitrogens is 2. The zero-order valence-electron chi connectivity index (χ0n) is 16.2. The topological polar surface area (TPSA) is 96.0 Å². The Balaban J connectivity index is 1.98. The zero-order valence-corrected chi connectivity index (χ0v) is 17.7. The molecule has 0 saturated carbocycles. The van der Waals surface area contributed by atoms with Crippen LogP contribution in [0.3, 0.4) is 0 Å². The van der Waals surface area contributed by atoms with Crippen molar-refractivity contribution < 1.29 is 14.0 Å². The lowest BCUT2D eigenvalue weighted by Gasteiger charge is -2.15. The fraction of sp³-hybridized carbons (Fsp3) is 0.0476. The molecule has 3 aromatic rings. The number of halogens is 3. The second-order valence-corrected chi connectivity index (χ2v) is 7.04. The summed E-state index contributed by atoms with van der Waals surface area (Å²) in [6, 6.07) is 8.85. The standard InChI is InChI=1S/C21H16Cl2FN5O2/c1-3-17(30)26-15-8-7-12(24)9-16(15)27-19-13(10-25-21(23)29-19)20(31)28-18-11(2)5-4-6-14(18)22/h3-10H,1H2,2H3,(H,26,30)(H,28,31)(H,25,27,29). The van der Waals surface area contributed by atoms with E-state index in [1.54, 1.807) is 25.1 Å². The average molecular weight is 460 g/mol. The van der Waals surface area contributed by atoms with E-state index in [2.05, 4.69) is 32.5 Å². The fourth-order valence-electron chi connectivity index (χ4n) is 2.63. The number of nitrogens with one attached hydrogen (secondary N) is 3. The molecule has 2 amide bonds. The van der Waals surface area contributed by atoms with Crippen molar-refractivity contribution in [3.8, 4) is 0 Å². The van der Waals surface area contributed by atoms with Crippen molar-refractivity contribution in [1.29, 1.82) is 0 Å². The summed E-state index contributed by atoms with van der Waals surface area (Å²) in [5, 5.41) is 8.31. The summed E-state index contributed by atoms with van der Waals surface area (Å²) in [7, 11) is 0. The first-order valence-corrected chi connectivity index (χ1v) is 9.63. The zero-order chi connectivity index (χ0) is 22.5. The van der Waals surface area contributed by atoms with Crippen LogP contribution in [0.4, 0.5) is 27.3 Å². The van der Waals surface area contributed by atoms with Crippen LogP contribution in [-0.2, 0) is 4.79 Å². The molecule has 0 fully saturated rings. The number of rotatable bonds is 6. The predicted octanol–water partition coefficient (Wildman–Crippen LogP) is 5.35. The molecule has 0 radical (unpaired) electrons. The van der Waals surface area contributed by atoms with Gasteiger partial charge >= 0.3 is 0 Å². The van der Waals surface area contributed by atoms with Gasteiger partial charge in [0.05, 0.1) is 22.1 Å². The van der Waals surface area contributed by atoms with Gasteiger partial charge in [0.25, 0.3) is 5.91 Å². The fourth-order valence-corrected chi connectivity index (χ4v) is 3.04. The molecular weight excluding hydrogens is 444 g/mol. The van der Waals surface area contributed by atoms with E-state index in [9.17, 15) is 14.0 Å². The van der Waals surface area contributed by atoms with Crippen molar-refractivity contribution in [3.05, 3.63) is 82.5 Å². The highest BCUT2D eigenvalue weighted by molar-refractivity contribution is 6.34. The molecule has 1 heterocycles. The van der Waals surface area contributed by atoms with Crippen molar-refractivity contribution in [2.24, 2.45) is 0 Å². The number of nitrogens with zero attached hydrogens (tertiary/aromatic N) is 2. The van der Waals surface area contributed by atoms with Crippen molar-refractivity contribution in [1.82, 2.24) is 9.97 Å². The van der Waals surface area contributed by atoms with E-state index in [1.165, 1.54) is 18.3 Å². The molecule has 0 aliphatic heterocycles. The quantitative estimate of drug-likeness (QED) is 0.341. The van der Waals surface area contributed by atoms with Gasteiger partial charge in [-0.25, -0.2) is 9.37 Å². The van der Waals surface area contributed by atoms with Crippen LogP contribution in [0.15, 0.2) is 55.3 Å². The third-order valence-corrected chi connectivity index (χ3v) is 4.64. The van der Waals surface area contributed by atoms with E-state index in [0.29, 0.717) is 10.7 Å². The summed E-state index contributed by atoms with van der Waals surface area (Å²) in [4.78, 5) is 32.5. The summed E-state index contributed by atoms with van der Waals surface area (Å²) >= 11 is 12.1. The molecule has 31 heavy (non-hydrogen) atoms. The molecule has 0 saturated heterocycles. The van der Waals surface area contributed by atoms with Gasteiger partial charge in [-0.3, -0.25) is 9.59 Å². The van der Waals surface area contributed by atoms with Crippen LogP contribution < -0.4 is 16.0 Å². The molecule has 2 aromatic carbocycles. The van der Waals surface area contributed by atoms with E-state index in [-0.39, 0.29) is 28.0 Å². The van der Waals surface area contributed by atoms with Gasteiger partial charge in [0.1, 0.15) is 17.2 Å². The number of carbonyl (C=O) groups is 2. The van der Waals surface area contributed by atoms with E-state index in [0.717, 1.165) is 17.7 Å². The Morgan fingerprint density at radius 2 is 1.90 bits per heavy atom. The Labute approximate surface area is 187 Å². The molecule has 0 bridgehead atoms. The SMILES string of the molecule is C=CC(=O)Nc1ccc(F)cc1Nc1nc(Cl)ncc1C(=O)Nc1c(C)cccc1Cl. The maximum atomic E-state index is 13.9. The van der Waals surface area contributed by atoms with Gasteiger partial charge in [-0.15, -0.1) is 0 Å². The molecule has 0 unspecified atom stereocenters. The maximum Gasteiger partial charge on any atom is 0.261 e. The summed E-state index contributed by atoms with van der Waals surface area (Å²) in [6.07, 6.45) is 2.29. The van der Waals surface area contributed by atoms with Gasteiger partial charge in [-0.2, -0.15) is 4.98 Å². The summed E-state index contributed by atoms with van der Waals surface area (Å²) in [5.41, 5.74) is 1.60. The number of hydrogen-bond donors (Lipinski definition) is 3. The largest absolute Gasteiger partial charge is 0.338 e. The smallest absolute Gasteiger partial charge is 0.261 e. The highest BCUT2D eigenvalue weighted by Crippen LogP contribution is 2.30. The first kappa shape index (κ1) is 22.2. The minimum atomic E-state index is -0.572. The Morgan fingerprint density at radius 1 is 1.13 bits per heavy atom. The summed E-state index contributed by atoms with van der Waals surface area (Å²) in [6.45, 7) is 5.17. The van der Waals surface area contributed by atoms with E-state index >= 15 is 0 Å². The molecular formula is C21H16Cl2FN5O2. The third-order valence-electron chi connectivity index (χ3n) is 4.14. The molecule has 0 aliphatic carbocycles. The molecule has 0 spiro atoms. The predicted molar refractivity (Wildman–Crippen MR) is 120 cm³/mol. The molecule has 1 aromatic heterocycles. The van der Waals surface area contributed by atoms with E-state index in [1.807, 2.05) is 0 Å². The van der Waals surface area contributed by atoms with Crippen LogP contribution in [0, 0.1) is 12.7 Å². The molecule has 0 aliphatic rings. The average Bonchev–Trinajstić information content (AvgIpc) is 2.72. The van der Waals surface area contributed by atoms with Crippen LogP contribution >= 0.6 is 23.2 Å². The summed E-state index contributed by atoms with van der Waals surface area (Å²) in [5.74, 6) is -1.63. The third kappa shape index (κ3) is 5.36. The number of hydrogen-bond acceptors (Lipinski definition) is 5. The van der Waals surface area contributed by atoms with Crippen molar-refractivity contribution >= 4 is 57.9 Å². The van der Waals surface area contributed by atoms with Gasteiger partial charge in [-0.1, -0.05) is 30.3 Å². The monoisotopic (exact) mass is 459 g/mol. The number of carbonyl (C=O) groups excluding carboxylic acids is 2. The van der Waals surface area contributed by atoms with Gasteiger partial charge in [0.2, 0.25) is 11.2 Å². The minimum absolute atomic E-state index is 0.00177. The Kier molecular flexibility index (Phi) is 6.84. The highest BCUT2D eigenvalue weighted by atomic mass is 35.5. The van der Waals surface area contributed by atoms with Gasteiger partial charge in [0, 0.05) is 6.20 Å². The van der Waals surface area contributed by atoms with E-state index in [4.69, 9.17) is 23.2 Å². The normalized spacial score (nSPS) is 10.3. The second-order valence-electron chi connectivity index (χ2n) is 6.30. The lowest BCUT2D eigenvalue weighted by Crippen LogP contribution is -2.17. The van der Waals surface area contributed by atoms with E-state index < -0.39 is 17.6 Å². The molecule has 7 nitrogen and oxygen atoms in total. The molecule has 10 heteroatoms. The number of amides is 2. The Morgan fingerprint density at radius 3 is 2.61 bits per heavy atom. The first-order chi connectivity index (χ1) is 14.8. The molecule has 0 atom stereocenters. The van der Waals surface area contributed by atoms with Crippen LogP contribution in [0.5, 0.6) is 0 Å². The van der Waals surface area contributed by atoms with Gasteiger partial charge in [-0.05, 0) is 54.4 Å². The van der Waals surface area contributed by atoms with Gasteiger partial charge in [0.15, 0.2) is 0 Å². The number of anilines is 4. The second kappa shape index (κ2) is 9.55. The lowest BCUT2D eigenvalue weighted by molar-refractivity contribution is -0.111. The molecule has 158 valence electrons. The van der Waals surface area contributed by atoms with Crippen LogP contribution in [0.2, 0.25) is 10.3 Å². The maximum absolute atomic E-state index is 13.9. The minimum Gasteiger partial charge on any atom is -0.338 e. The number of para-hydroxylation sites is 1. The Bertz CT molecular complexity index is 1170. The Hall–Kier alpha value is -3.49. The van der Waals surface area contributed by atoms with Crippen LogP contribution in [0.1, 0.15) is 15.9 Å². The molecule has 3 N–H and O–H groups in total. The summed E-state index contributed by atoms with van der Waals surface area (Å²) < 4.78 is 13.9.